The second kappa shape index (κ2) is 5.39. The predicted octanol–water partition coefficient (Wildman–Crippen LogP) is -1.42. The molecule has 60 valence electrons. The number of hydrogen-bond acceptors (Lipinski definition) is 1. The standard InChI is InChI=1S/C6H8I3O/c7-4-9-5-1-2-8-3-6(5)10/h1-4H2/q-1. The van der Waals surface area contributed by atoms with E-state index in [1.807, 2.05) is 0 Å². The van der Waals surface area contributed by atoms with Crippen molar-refractivity contribution in [1.82, 2.24) is 0 Å². The van der Waals surface area contributed by atoms with Gasteiger partial charge in [-0.05, 0) is 0 Å². The Morgan fingerprint density at radius 3 is 3.10 bits per heavy atom. The molecule has 0 aromatic heterocycles. The van der Waals surface area contributed by atoms with E-state index < -0.39 is 0 Å². The number of hydrogen-bond donors (Lipinski definition) is 0. The number of carbonyl (C=O) groups excluding carboxylic acids is 1. The molecule has 0 aliphatic carbocycles. The van der Waals surface area contributed by atoms with Gasteiger partial charge in [-0.25, -0.2) is 0 Å². The van der Waals surface area contributed by atoms with E-state index in [1.54, 1.807) is 0 Å². The van der Waals surface area contributed by atoms with Crippen LogP contribution in [-0.4, -0.2) is 20.6 Å². The number of carbonyl (C=O) groups is 1. The Kier molecular flexibility index (Phi) is 5.29. The number of rotatable bonds is 1. The normalized spacial score (nSPS) is 25.3. The van der Waals surface area contributed by atoms with Gasteiger partial charge >= 0.3 is 96.3 Å². The molecule has 0 amide bonds. The van der Waals surface area contributed by atoms with E-state index >= 15 is 0 Å². The molecular formula is C6H8I3O-. The van der Waals surface area contributed by atoms with Gasteiger partial charge in [0.15, 0.2) is 0 Å². The Morgan fingerprint density at radius 1 is 1.70 bits per heavy atom. The van der Waals surface area contributed by atoms with E-state index in [-0.39, 0.29) is 41.9 Å². The zero-order valence-corrected chi connectivity index (χ0v) is 11.8. The first kappa shape index (κ1) is 9.82. The second-order valence-electron chi connectivity index (χ2n) is 1.82. The molecule has 0 bridgehead atoms. The van der Waals surface area contributed by atoms with E-state index in [1.165, 1.54) is 16.8 Å². The van der Waals surface area contributed by atoms with Crippen LogP contribution < -0.4 is 21.2 Å². The van der Waals surface area contributed by atoms with E-state index in [0.29, 0.717) is 5.78 Å². The molecule has 0 spiro atoms. The molecule has 0 unspecified atom stereocenters. The van der Waals surface area contributed by atoms with Gasteiger partial charge in [0.1, 0.15) is 0 Å². The topological polar surface area (TPSA) is 17.1 Å². The molecule has 0 N–H and O–H groups in total. The fourth-order valence-electron chi connectivity index (χ4n) is 0.717. The molecule has 0 radical (unpaired) electrons. The molecule has 0 aromatic rings. The van der Waals surface area contributed by atoms with E-state index in [9.17, 15) is 4.79 Å². The molecule has 10 heavy (non-hydrogen) atoms. The molecule has 1 aliphatic heterocycles. The molecule has 1 saturated heterocycles. The SMILES string of the molecule is O=C1C[I-]CCC1=ICI. The van der Waals surface area contributed by atoms with Gasteiger partial charge in [-0.1, -0.05) is 0 Å². The van der Waals surface area contributed by atoms with Crippen molar-refractivity contribution >= 4 is 52.6 Å². The third-order valence-electron chi connectivity index (χ3n) is 1.18. The van der Waals surface area contributed by atoms with Gasteiger partial charge < -0.3 is 0 Å². The van der Waals surface area contributed by atoms with Crippen LogP contribution in [0.5, 0.6) is 0 Å². The third kappa shape index (κ3) is 3.00. The van der Waals surface area contributed by atoms with Crippen molar-refractivity contribution in [3.63, 3.8) is 0 Å². The van der Waals surface area contributed by atoms with Crippen molar-refractivity contribution in [2.24, 2.45) is 0 Å². The number of Topliss-reactive ketones (excluding diaryl/α,β-unsaturated/α-hetero) is 1. The molecule has 1 nitrogen and oxygen atoms in total. The van der Waals surface area contributed by atoms with Crippen molar-refractivity contribution in [2.75, 3.05) is 11.3 Å². The van der Waals surface area contributed by atoms with Crippen LogP contribution in [0, 0.1) is 0 Å². The van der Waals surface area contributed by atoms with Crippen LogP contribution in [0.15, 0.2) is 0 Å². The van der Waals surface area contributed by atoms with Crippen LogP contribution in [0.4, 0.5) is 0 Å². The Hall–Kier alpha value is 1.73. The Balaban J connectivity index is 2.56. The average Bonchev–Trinajstić information content (AvgIpc) is 1.94. The summed E-state index contributed by atoms with van der Waals surface area (Å²) in [6, 6.07) is 0. The maximum absolute atomic E-state index is 11.2. The van der Waals surface area contributed by atoms with Crippen molar-refractivity contribution in [1.29, 1.82) is 0 Å². The summed E-state index contributed by atoms with van der Waals surface area (Å²) in [5, 5.41) is 0. The van der Waals surface area contributed by atoms with Crippen LogP contribution in [0.25, 0.3) is 0 Å². The summed E-state index contributed by atoms with van der Waals surface area (Å²) in [5.41, 5.74) is 0. The summed E-state index contributed by atoms with van der Waals surface area (Å²) >= 11 is 2.80. The summed E-state index contributed by atoms with van der Waals surface area (Å²) in [4.78, 5) is 11.2. The molecule has 0 atom stereocenters. The van der Waals surface area contributed by atoms with E-state index in [2.05, 4.69) is 22.6 Å². The molecule has 1 heterocycles. The van der Waals surface area contributed by atoms with Crippen LogP contribution in [-0.2, 0) is 4.79 Å². The first-order valence-corrected chi connectivity index (χ1v) is 10.1. The van der Waals surface area contributed by atoms with Crippen molar-refractivity contribution in [3.8, 4) is 0 Å². The zero-order chi connectivity index (χ0) is 7.40. The Bertz CT molecular complexity index is 164. The van der Waals surface area contributed by atoms with Crippen molar-refractivity contribution < 1.29 is 26.0 Å². The minimum absolute atomic E-state index is 0.138. The summed E-state index contributed by atoms with van der Waals surface area (Å²) in [6.45, 7) is 0. The fourth-order valence-corrected chi connectivity index (χ4v) is 8.68. The molecule has 4 heteroatoms. The van der Waals surface area contributed by atoms with Crippen LogP contribution in [0.2, 0.25) is 0 Å². The van der Waals surface area contributed by atoms with Gasteiger partial charge in [-0.2, -0.15) is 0 Å². The van der Waals surface area contributed by atoms with Crippen LogP contribution in [0.3, 0.4) is 0 Å². The van der Waals surface area contributed by atoms with Gasteiger partial charge in [0, 0.05) is 0 Å². The number of halogens is 3. The summed E-state index contributed by atoms with van der Waals surface area (Å²) < 4.78 is 4.87. The molecule has 0 saturated carbocycles. The van der Waals surface area contributed by atoms with Crippen molar-refractivity contribution in [3.05, 3.63) is 0 Å². The number of alkyl halides is 4. The zero-order valence-electron chi connectivity index (χ0n) is 5.37. The Labute approximate surface area is 94.9 Å². The summed E-state index contributed by atoms with van der Waals surface area (Å²) in [5.74, 6) is 0.531. The van der Waals surface area contributed by atoms with Crippen LogP contribution in [0.1, 0.15) is 6.42 Å². The van der Waals surface area contributed by atoms with E-state index in [0.717, 1.165) is 4.43 Å². The Morgan fingerprint density at radius 2 is 2.50 bits per heavy atom. The third-order valence-corrected chi connectivity index (χ3v) is 8.00. The number of ketones is 1. The molecular weight excluding hydrogens is 469 g/mol. The molecule has 0 aromatic carbocycles. The first-order chi connectivity index (χ1) is 4.84. The molecule has 1 rings (SSSR count). The van der Waals surface area contributed by atoms with E-state index in [4.69, 9.17) is 0 Å². The van der Waals surface area contributed by atoms with Gasteiger partial charge in [-0.15, -0.1) is 0 Å². The van der Waals surface area contributed by atoms with Gasteiger partial charge in [-0.3, -0.25) is 0 Å². The van der Waals surface area contributed by atoms with Crippen LogP contribution >= 0.6 is 43.3 Å². The second-order valence-corrected chi connectivity index (χ2v) is 11.3. The van der Waals surface area contributed by atoms with Gasteiger partial charge in [0.25, 0.3) is 0 Å². The maximum atomic E-state index is 11.2. The predicted molar refractivity (Wildman–Crippen MR) is 57.3 cm³/mol. The quantitative estimate of drug-likeness (QED) is 0.336. The first-order valence-electron chi connectivity index (χ1n) is 2.92. The van der Waals surface area contributed by atoms with Crippen molar-refractivity contribution in [2.45, 2.75) is 6.42 Å². The minimum atomic E-state index is 0.138. The molecule has 1 aliphatic rings. The molecule has 1 fully saturated rings. The summed E-state index contributed by atoms with van der Waals surface area (Å²) in [6.07, 6.45) is 1.17. The van der Waals surface area contributed by atoms with Gasteiger partial charge in [0.05, 0.1) is 0 Å². The van der Waals surface area contributed by atoms with Gasteiger partial charge in [0.2, 0.25) is 0 Å². The summed E-state index contributed by atoms with van der Waals surface area (Å²) in [7, 11) is 0. The average molecular weight is 477 g/mol. The monoisotopic (exact) mass is 477 g/mol. The fraction of sp³-hybridized carbons (Fsp3) is 0.667.